The lowest BCUT2D eigenvalue weighted by molar-refractivity contribution is 0.350. The van der Waals surface area contributed by atoms with Crippen molar-refractivity contribution in [3.63, 3.8) is 0 Å². The number of fused-ring (bicyclic) bond motifs is 1. The summed E-state index contributed by atoms with van der Waals surface area (Å²) in [7, 11) is 0. The van der Waals surface area contributed by atoms with Crippen LogP contribution in [0.2, 0.25) is 0 Å². The fraction of sp³-hybridized carbons (Fsp3) is 0.733. The number of hydrogen-bond donors (Lipinski definition) is 0. The van der Waals surface area contributed by atoms with E-state index in [2.05, 4.69) is 39.8 Å². The first-order chi connectivity index (χ1) is 7.00. The Balaban J connectivity index is 2.37. The second-order valence-corrected chi connectivity index (χ2v) is 6.14. The minimum atomic E-state index is 0.435. The molecule has 0 aromatic carbocycles. The Hall–Kier alpha value is -0.520. The molecule has 0 heterocycles. The summed E-state index contributed by atoms with van der Waals surface area (Å²) in [5.41, 5.74) is 3.64. The molecule has 2 atom stereocenters. The SMILES string of the molecule is CC1=CCC2C(=C1)C(C)(C)CCCC2C. The molecule has 0 saturated heterocycles. The van der Waals surface area contributed by atoms with Crippen molar-refractivity contribution in [3.8, 4) is 0 Å². The van der Waals surface area contributed by atoms with Crippen molar-refractivity contribution in [2.24, 2.45) is 17.3 Å². The van der Waals surface area contributed by atoms with Crippen LogP contribution in [-0.4, -0.2) is 0 Å². The van der Waals surface area contributed by atoms with E-state index >= 15 is 0 Å². The van der Waals surface area contributed by atoms with Crippen LogP contribution in [0.15, 0.2) is 23.3 Å². The van der Waals surface area contributed by atoms with Gasteiger partial charge in [-0.3, -0.25) is 0 Å². The third-order valence-electron chi connectivity index (χ3n) is 4.41. The molecular weight excluding hydrogens is 180 g/mol. The average molecular weight is 204 g/mol. The van der Waals surface area contributed by atoms with E-state index in [0.717, 1.165) is 11.8 Å². The highest BCUT2D eigenvalue weighted by atomic mass is 14.4. The lowest BCUT2D eigenvalue weighted by Crippen LogP contribution is -2.23. The van der Waals surface area contributed by atoms with Gasteiger partial charge in [0.15, 0.2) is 0 Å². The van der Waals surface area contributed by atoms with Gasteiger partial charge < -0.3 is 0 Å². The molecule has 1 saturated carbocycles. The predicted molar refractivity (Wildman–Crippen MR) is 66.7 cm³/mol. The molecule has 2 rings (SSSR count). The summed E-state index contributed by atoms with van der Waals surface area (Å²) in [6.07, 6.45) is 10.4. The molecule has 0 radical (unpaired) electrons. The van der Waals surface area contributed by atoms with Gasteiger partial charge in [0.05, 0.1) is 0 Å². The van der Waals surface area contributed by atoms with Crippen molar-refractivity contribution in [2.45, 2.75) is 53.4 Å². The summed E-state index contributed by atoms with van der Waals surface area (Å²) in [5.74, 6) is 1.70. The largest absolute Gasteiger partial charge is 0.0810 e. The topological polar surface area (TPSA) is 0 Å². The van der Waals surface area contributed by atoms with Crippen LogP contribution >= 0.6 is 0 Å². The van der Waals surface area contributed by atoms with Crippen molar-refractivity contribution in [1.82, 2.24) is 0 Å². The number of rotatable bonds is 0. The van der Waals surface area contributed by atoms with Crippen LogP contribution in [0.25, 0.3) is 0 Å². The van der Waals surface area contributed by atoms with Gasteiger partial charge in [0.25, 0.3) is 0 Å². The summed E-state index contributed by atoms with van der Waals surface area (Å²) in [4.78, 5) is 0. The van der Waals surface area contributed by atoms with Crippen LogP contribution in [0, 0.1) is 17.3 Å². The molecule has 2 unspecified atom stereocenters. The first-order valence-corrected chi connectivity index (χ1v) is 6.39. The lowest BCUT2D eigenvalue weighted by atomic mass is 9.70. The normalized spacial score (nSPS) is 34.9. The average Bonchev–Trinajstić information content (AvgIpc) is 2.26. The summed E-state index contributed by atoms with van der Waals surface area (Å²) in [6, 6.07) is 0. The van der Waals surface area contributed by atoms with Gasteiger partial charge in [-0.25, -0.2) is 0 Å². The van der Waals surface area contributed by atoms with Crippen molar-refractivity contribution in [2.75, 3.05) is 0 Å². The van der Waals surface area contributed by atoms with Gasteiger partial charge >= 0.3 is 0 Å². The third kappa shape index (κ3) is 2.04. The molecule has 0 aromatic heterocycles. The maximum absolute atomic E-state index is 2.47. The molecule has 0 spiro atoms. The molecule has 84 valence electrons. The maximum Gasteiger partial charge on any atom is -0.0134 e. The number of hydrogen-bond acceptors (Lipinski definition) is 0. The van der Waals surface area contributed by atoms with Gasteiger partial charge in [0.1, 0.15) is 0 Å². The fourth-order valence-electron chi connectivity index (χ4n) is 3.30. The smallest absolute Gasteiger partial charge is 0.0134 e. The Morgan fingerprint density at radius 2 is 2.07 bits per heavy atom. The van der Waals surface area contributed by atoms with Crippen molar-refractivity contribution >= 4 is 0 Å². The summed E-state index contributed by atoms with van der Waals surface area (Å²) < 4.78 is 0. The molecule has 2 aliphatic carbocycles. The first-order valence-electron chi connectivity index (χ1n) is 6.39. The summed E-state index contributed by atoms with van der Waals surface area (Å²) in [5, 5.41) is 0. The van der Waals surface area contributed by atoms with E-state index in [4.69, 9.17) is 0 Å². The van der Waals surface area contributed by atoms with E-state index in [-0.39, 0.29) is 0 Å². The fourth-order valence-corrected chi connectivity index (χ4v) is 3.30. The van der Waals surface area contributed by atoms with E-state index in [1.165, 1.54) is 31.3 Å². The van der Waals surface area contributed by atoms with Crippen LogP contribution in [-0.2, 0) is 0 Å². The van der Waals surface area contributed by atoms with Crippen LogP contribution in [0.4, 0.5) is 0 Å². The molecule has 0 heteroatoms. The Bertz CT molecular complexity index is 304. The second kappa shape index (κ2) is 3.81. The zero-order valence-corrected chi connectivity index (χ0v) is 10.6. The quantitative estimate of drug-likeness (QED) is 0.535. The van der Waals surface area contributed by atoms with Gasteiger partial charge in [0.2, 0.25) is 0 Å². The zero-order valence-electron chi connectivity index (χ0n) is 10.6. The minimum absolute atomic E-state index is 0.435. The highest BCUT2D eigenvalue weighted by Crippen LogP contribution is 2.47. The van der Waals surface area contributed by atoms with Gasteiger partial charge in [0, 0.05) is 0 Å². The zero-order chi connectivity index (χ0) is 11.1. The molecule has 0 N–H and O–H groups in total. The van der Waals surface area contributed by atoms with E-state index in [1.54, 1.807) is 5.57 Å². The molecule has 0 aliphatic heterocycles. The monoisotopic (exact) mass is 204 g/mol. The van der Waals surface area contributed by atoms with E-state index in [9.17, 15) is 0 Å². The molecule has 0 nitrogen and oxygen atoms in total. The van der Waals surface area contributed by atoms with Gasteiger partial charge in [-0.2, -0.15) is 0 Å². The van der Waals surface area contributed by atoms with Crippen LogP contribution < -0.4 is 0 Å². The molecule has 0 aromatic rings. The van der Waals surface area contributed by atoms with Gasteiger partial charge in [-0.05, 0) is 37.0 Å². The predicted octanol–water partition coefficient (Wildman–Crippen LogP) is 4.73. The van der Waals surface area contributed by atoms with Crippen molar-refractivity contribution in [1.29, 1.82) is 0 Å². The molecule has 0 amide bonds. The second-order valence-electron chi connectivity index (χ2n) is 6.14. The van der Waals surface area contributed by atoms with Gasteiger partial charge in [-0.15, -0.1) is 0 Å². The van der Waals surface area contributed by atoms with E-state index < -0.39 is 0 Å². The van der Waals surface area contributed by atoms with Crippen LogP contribution in [0.3, 0.4) is 0 Å². The minimum Gasteiger partial charge on any atom is -0.0810 e. The summed E-state index contributed by atoms with van der Waals surface area (Å²) in [6.45, 7) is 9.55. The van der Waals surface area contributed by atoms with Crippen molar-refractivity contribution < 1.29 is 0 Å². The van der Waals surface area contributed by atoms with E-state index in [1.807, 2.05) is 0 Å². The third-order valence-corrected chi connectivity index (χ3v) is 4.41. The first kappa shape index (κ1) is 11.0. The lowest BCUT2D eigenvalue weighted by Gasteiger charge is -2.35. The Labute approximate surface area is 94.5 Å². The van der Waals surface area contributed by atoms with Gasteiger partial charge in [-0.1, -0.05) is 56.9 Å². The van der Waals surface area contributed by atoms with E-state index in [0.29, 0.717) is 5.41 Å². The molecule has 1 fully saturated rings. The highest BCUT2D eigenvalue weighted by Gasteiger charge is 2.35. The Morgan fingerprint density at radius 3 is 2.80 bits per heavy atom. The Kier molecular flexibility index (Phi) is 2.79. The number of allylic oxidation sites excluding steroid dienone is 4. The standard InChI is InChI=1S/C15H24/c1-11-7-8-13-12(2)6-5-9-15(3,4)14(13)10-11/h7,10,12-13H,5-6,8-9H2,1-4H3. The van der Waals surface area contributed by atoms with Crippen LogP contribution in [0.5, 0.6) is 0 Å². The molecule has 0 bridgehead atoms. The summed E-state index contributed by atoms with van der Waals surface area (Å²) >= 11 is 0. The molecule has 2 aliphatic rings. The van der Waals surface area contributed by atoms with Crippen LogP contribution in [0.1, 0.15) is 53.4 Å². The molecule has 15 heavy (non-hydrogen) atoms. The van der Waals surface area contributed by atoms with Crippen molar-refractivity contribution in [3.05, 3.63) is 23.3 Å². The Morgan fingerprint density at radius 1 is 1.33 bits per heavy atom. The highest BCUT2D eigenvalue weighted by molar-refractivity contribution is 5.32. The maximum atomic E-state index is 2.47. The molecular formula is C15H24.